The number of carbonyl (C=O) groups is 2. The largest absolute Gasteiger partial charge is 0.493 e. The first-order valence-electron chi connectivity index (χ1n) is 9.82. The quantitative estimate of drug-likeness (QED) is 0.667. The summed E-state index contributed by atoms with van der Waals surface area (Å²) >= 11 is 0. The molecule has 0 aliphatic carbocycles. The molecule has 6 nitrogen and oxygen atoms in total. The van der Waals surface area contributed by atoms with Crippen molar-refractivity contribution >= 4 is 11.8 Å². The van der Waals surface area contributed by atoms with Gasteiger partial charge in [0.15, 0.2) is 11.5 Å². The molecule has 29 heavy (non-hydrogen) atoms. The minimum absolute atomic E-state index is 0.0672. The van der Waals surface area contributed by atoms with Crippen LogP contribution in [-0.2, 0) is 22.6 Å². The van der Waals surface area contributed by atoms with Crippen molar-refractivity contribution < 1.29 is 19.1 Å². The molecule has 1 N–H and O–H groups in total. The smallest absolute Gasteiger partial charge is 0.242 e. The van der Waals surface area contributed by atoms with Crippen molar-refractivity contribution in [2.75, 3.05) is 20.8 Å². The maximum Gasteiger partial charge on any atom is 0.242 e. The van der Waals surface area contributed by atoms with Gasteiger partial charge in [-0.05, 0) is 43.5 Å². The Morgan fingerprint density at radius 1 is 1.00 bits per heavy atom. The summed E-state index contributed by atoms with van der Waals surface area (Å²) in [5.41, 5.74) is 1.96. The van der Waals surface area contributed by atoms with Gasteiger partial charge in [0.05, 0.1) is 14.2 Å². The Bertz CT molecular complexity index is 808. The lowest BCUT2D eigenvalue weighted by Gasteiger charge is -2.29. The molecule has 2 amide bonds. The molecule has 156 valence electrons. The molecule has 0 spiro atoms. The van der Waals surface area contributed by atoms with Crippen LogP contribution in [-0.4, -0.2) is 43.5 Å². The molecular weight excluding hydrogens is 368 g/mol. The molecule has 0 aliphatic heterocycles. The van der Waals surface area contributed by atoms with Crippen LogP contribution in [0.1, 0.15) is 31.4 Å². The van der Waals surface area contributed by atoms with Crippen molar-refractivity contribution in [1.29, 1.82) is 0 Å². The van der Waals surface area contributed by atoms with Crippen LogP contribution >= 0.6 is 0 Å². The summed E-state index contributed by atoms with van der Waals surface area (Å²) < 4.78 is 10.6. The lowest BCUT2D eigenvalue weighted by molar-refractivity contribution is -0.140. The second-order valence-electron chi connectivity index (χ2n) is 6.77. The zero-order valence-corrected chi connectivity index (χ0v) is 17.6. The van der Waals surface area contributed by atoms with Crippen LogP contribution in [0.3, 0.4) is 0 Å². The van der Waals surface area contributed by atoms with Gasteiger partial charge in [-0.15, -0.1) is 0 Å². The maximum absolute atomic E-state index is 13.0. The minimum atomic E-state index is -0.548. The summed E-state index contributed by atoms with van der Waals surface area (Å²) in [7, 11) is 3.17. The molecule has 0 saturated heterocycles. The fourth-order valence-corrected chi connectivity index (χ4v) is 3.12. The van der Waals surface area contributed by atoms with Crippen LogP contribution in [0.5, 0.6) is 11.5 Å². The van der Waals surface area contributed by atoms with Gasteiger partial charge in [0.1, 0.15) is 6.04 Å². The molecule has 0 bridgehead atoms. The second kappa shape index (κ2) is 11.1. The monoisotopic (exact) mass is 398 g/mol. The van der Waals surface area contributed by atoms with E-state index in [2.05, 4.69) is 5.32 Å². The lowest BCUT2D eigenvalue weighted by Crippen LogP contribution is -2.47. The number of hydrogen-bond acceptors (Lipinski definition) is 4. The van der Waals surface area contributed by atoms with Gasteiger partial charge in [-0.3, -0.25) is 9.59 Å². The first-order chi connectivity index (χ1) is 14.0. The summed E-state index contributed by atoms with van der Waals surface area (Å²) in [6, 6.07) is 14.8. The average Bonchev–Trinajstić information content (AvgIpc) is 2.75. The first kappa shape index (κ1) is 22.3. The Hall–Kier alpha value is -3.02. The molecule has 2 aromatic carbocycles. The van der Waals surface area contributed by atoms with E-state index < -0.39 is 6.04 Å². The number of benzene rings is 2. The van der Waals surface area contributed by atoms with Crippen molar-refractivity contribution in [3.8, 4) is 11.5 Å². The molecule has 0 aromatic heterocycles. The van der Waals surface area contributed by atoms with Crippen molar-refractivity contribution in [1.82, 2.24) is 10.2 Å². The highest BCUT2D eigenvalue weighted by molar-refractivity contribution is 5.87. The Kier molecular flexibility index (Phi) is 8.52. The van der Waals surface area contributed by atoms with Crippen LogP contribution in [0.15, 0.2) is 48.5 Å². The number of nitrogens with one attached hydrogen (secondary N) is 1. The second-order valence-corrected chi connectivity index (χ2v) is 6.77. The zero-order valence-electron chi connectivity index (χ0n) is 17.6. The van der Waals surface area contributed by atoms with Crippen molar-refractivity contribution in [2.45, 2.75) is 39.3 Å². The highest BCUT2D eigenvalue weighted by Gasteiger charge is 2.25. The van der Waals surface area contributed by atoms with E-state index >= 15 is 0 Å². The minimum Gasteiger partial charge on any atom is -0.493 e. The highest BCUT2D eigenvalue weighted by atomic mass is 16.5. The number of amides is 2. The number of hydrogen-bond donors (Lipinski definition) is 1. The van der Waals surface area contributed by atoms with Gasteiger partial charge in [0, 0.05) is 19.5 Å². The zero-order chi connectivity index (χ0) is 21.2. The van der Waals surface area contributed by atoms with Gasteiger partial charge in [-0.25, -0.2) is 0 Å². The van der Waals surface area contributed by atoms with Gasteiger partial charge >= 0.3 is 0 Å². The van der Waals surface area contributed by atoms with Gasteiger partial charge in [0.25, 0.3) is 0 Å². The number of aryl methyl sites for hydroxylation is 1. The molecule has 0 aliphatic rings. The van der Waals surface area contributed by atoms with Crippen LogP contribution in [0, 0.1) is 0 Å². The molecule has 2 aromatic rings. The lowest BCUT2D eigenvalue weighted by atomic mass is 10.1. The first-order valence-corrected chi connectivity index (χ1v) is 9.82. The topological polar surface area (TPSA) is 67.9 Å². The van der Waals surface area contributed by atoms with E-state index in [1.807, 2.05) is 55.5 Å². The molecule has 0 saturated carbocycles. The number of rotatable bonds is 10. The predicted octanol–water partition coefficient (Wildman–Crippen LogP) is 3.19. The van der Waals surface area contributed by atoms with Gasteiger partial charge in [0.2, 0.25) is 11.8 Å². The SMILES string of the molecule is CCNC(=O)[C@@H](C)N(Cc1ccccc1)C(=O)CCc1ccc(OC)c(OC)c1. The Morgan fingerprint density at radius 3 is 2.31 bits per heavy atom. The van der Waals surface area contributed by atoms with Crippen molar-refractivity contribution in [3.05, 3.63) is 59.7 Å². The van der Waals surface area contributed by atoms with Crippen LogP contribution < -0.4 is 14.8 Å². The Labute approximate surface area is 172 Å². The van der Waals surface area contributed by atoms with E-state index in [1.165, 1.54) is 0 Å². The van der Waals surface area contributed by atoms with Gasteiger partial charge in [-0.2, -0.15) is 0 Å². The number of methoxy groups -OCH3 is 2. The maximum atomic E-state index is 13.0. The third kappa shape index (κ3) is 6.24. The predicted molar refractivity (Wildman–Crippen MR) is 113 cm³/mol. The third-order valence-electron chi connectivity index (χ3n) is 4.79. The van der Waals surface area contributed by atoms with Gasteiger partial charge in [-0.1, -0.05) is 36.4 Å². The molecule has 2 rings (SSSR count). The van der Waals surface area contributed by atoms with Crippen LogP contribution in [0.2, 0.25) is 0 Å². The number of ether oxygens (including phenoxy) is 2. The molecule has 6 heteroatoms. The standard InChI is InChI=1S/C23H30N2O4/c1-5-24-23(27)17(2)25(16-19-9-7-6-8-10-19)22(26)14-12-18-11-13-20(28-3)21(15-18)29-4/h6-11,13,15,17H,5,12,14,16H2,1-4H3,(H,24,27)/t17-/m1/s1. The van der Waals surface area contributed by atoms with Crippen molar-refractivity contribution in [3.63, 3.8) is 0 Å². The van der Waals surface area contributed by atoms with Crippen LogP contribution in [0.4, 0.5) is 0 Å². The summed E-state index contributed by atoms with van der Waals surface area (Å²) in [5.74, 6) is 1.07. The van der Waals surface area contributed by atoms with E-state index in [1.54, 1.807) is 26.0 Å². The molecule has 0 radical (unpaired) electrons. The fourth-order valence-electron chi connectivity index (χ4n) is 3.12. The Balaban J connectivity index is 2.13. The molecular formula is C23H30N2O4. The Morgan fingerprint density at radius 2 is 1.69 bits per heavy atom. The molecule has 0 heterocycles. The van der Waals surface area contributed by atoms with E-state index in [9.17, 15) is 9.59 Å². The third-order valence-corrected chi connectivity index (χ3v) is 4.79. The summed E-state index contributed by atoms with van der Waals surface area (Å²) in [5, 5.41) is 2.80. The summed E-state index contributed by atoms with van der Waals surface area (Å²) in [6.45, 7) is 4.55. The molecule has 1 atom stereocenters. The van der Waals surface area contributed by atoms with E-state index in [0.29, 0.717) is 37.4 Å². The summed E-state index contributed by atoms with van der Waals surface area (Å²) in [4.78, 5) is 27.1. The molecule has 0 unspecified atom stereocenters. The normalized spacial score (nSPS) is 11.4. The fraction of sp³-hybridized carbons (Fsp3) is 0.391. The summed E-state index contributed by atoms with van der Waals surface area (Å²) in [6.07, 6.45) is 0.846. The van der Waals surface area contributed by atoms with Crippen molar-refractivity contribution in [2.24, 2.45) is 0 Å². The molecule has 0 fully saturated rings. The van der Waals surface area contributed by atoms with Crippen LogP contribution in [0.25, 0.3) is 0 Å². The number of carbonyl (C=O) groups excluding carboxylic acids is 2. The number of nitrogens with zero attached hydrogens (tertiary/aromatic N) is 1. The van der Waals surface area contributed by atoms with E-state index in [0.717, 1.165) is 11.1 Å². The van der Waals surface area contributed by atoms with E-state index in [-0.39, 0.29) is 11.8 Å². The number of likely N-dealkylation sites (N-methyl/N-ethyl adjacent to an activating group) is 1. The van der Waals surface area contributed by atoms with Gasteiger partial charge < -0.3 is 19.7 Å². The highest BCUT2D eigenvalue weighted by Crippen LogP contribution is 2.28. The average molecular weight is 399 g/mol. The van der Waals surface area contributed by atoms with E-state index in [4.69, 9.17) is 9.47 Å².